The molecule has 0 bridgehead atoms. The zero-order valence-electron chi connectivity index (χ0n) is 9.42. The summed E-state index contributed by atoms with van der Waals surface area (Å²) < 4.78 is 10.6. The first-order valence-corrected chi connectivity index (χ1v) is 6.30. The first kappa shape index (κ1) is 10.9. The summed E-state index contributed by atoms with van der Waals surface area (Å²) in [6.45, 7) is 0.262. The molecule has 3 rings (SSSR count). The number of nitriles is 1. The number of rotatable bonds is 2. The second kappa shape index (κ2) is 4.55. The highest BCUT2D eigenvalue weighted by molar-refractivity contribution is 7.11. The molecule has 1 aromatic heterocycles. The van der Waals surface area contributed by atoms with Crippen LogP contribution in [0.15, 0.2) is 35.7 Å². The number of ether oxygens (including phenoxy) is 2. The highest BCUT2D eigenvalue weighted by atomic mass is 32.1. The van der Waals surface area contributed by atoms with E-state index < -0.39 is 0 Å². The number of hydrogen-bond acceptors (Lipinski definition) is 4. The summed E-state index contributed by atoms with van der Waals surface area (Å²) in [5.41, 5.74) is 1.59. The van der Waals surface area contributed by atoms with Crippen molar-refractivity contribution < 1.29 is 9.47 Å². The van der Waals surface area contributed by atoms with E-state index in [4.69, 9.17) is 9.47 Å². The highest BCUT2D eigenvalue weighted by Gasteiger charge is 2.13. The van der Waals surface area contributed by atoms with E-state index in [1.807, 2.05) is 41.8 Å². The zero-order chi connectivity index (χ0) is 12.4. The number of allylic oxidation sites excluding steroid dienone is 1. The zero-order valence-corrected chi connectivity index (χ0v) is 10.2. The Hall–Kier alpha value is -2.25. The largest absolute Gasteiger partial charge is 0.454 e. The lowest BCUT2D eigenvalue weighted by atomic mass is 10.1. The molecule has 18 heavy (non-hydrogen) atoms. The quantitative estimate of drug-likeness (QED) is 0.771. The number of hydrogen-bond donors (Lipinski definition) is 0. The van der Waals surface area contributed by atoms with Gasteiger partial charge >= 0.3 is 0 Å². The normalized spacial score (nSPS) is 13.4. The van der Waals surface area contributed by atoms with Crippen LogP contribution in [0.3, 0.4) is 0 Å². The van der Waals surface area contributed by atoms with Gasteiger partial charge in [-0.15, -0.1) is 11.3 Å². The first-order chi connectivity index (χ1) is 8.86. The van der Waals surface area contributed by atoms with Crippen LogP contribution in [-0.4, -0.2) is 6.79 Å². The molecule has 0 saturated heterocycles. The molecular weight excluding hydrogens is 246 g/mol. The van der Waals surface area contributed by atoms with E-state index in [-0.39, 0.29) is 6.79 Å². The van der Waals surface area contributed by atoms with Gasteiger partial charge < -0.3 is 9.47 Å². The monoisotopic (exact) mass is 255 g/mol. The lowest BCUT2D eigenvalue weighted by molar-refractivity contribution is 0.174. The third kappa shape index (κ3) is 1.96. The van der Waals surface area contributed by atoms with Crippen molar-refractivity contribution in [2.24, 2.45) is 0 Å². The maximum absolute atomic E-state index is 9.19. The van der Waals surface area contributed by atoms with Crippen LogP contribution in [0.4, 0.5) is 0 Å². The molecule has 0 amide bonds. The van der Waals surface area contributed by atoms with E-state index in [9.17, 15) is 5.26 Å². The molecule has 0 aliphatic carbocycles. The molecule has 88 valence electrons. The summed E-state index contributed by atoms with van der Waals surface area (Å²) in [5, 5.41) is 11.1. The van der Waals surface area contributed by atoms with Crippen molar-refractivity contribution in [3.63, 3.8) is 0 Å². The third-order valence-corrected chi connectivity index (χ3v) is 3.52. The Labute approximate surface area is 109 Å². The van der Waals surface area contributed by atoms with Gasteiger partial charge in [-0.05, 0) is 35.2 Å². The Bertz CT molecular complexity index is 638. The highest BCUT2D eigenvalue weighted by Crippen LogP contribution is 2.33. The summed E-state index contributed by atoms with van der Waals surface area (Å²) in [4.78, 5) is 0.968. The van der Waals surface area contributed by atoms with Crippen LogP contribution in [0, 0.1) is 11.3 Å². The average Bonchev–Trinajstić information content (AvgIpc) is 3.06. The Morgan fingerprint density at radius 1 is 1.28 bits per heavy atom. The number of thiophene rings is 1. The summed E-state index contributed by atoms with van der Waals surface area (Å²) in [5.74, 6) is 1.48. The molecule has 1 aliphatic rings. The van der Waals surface area contributed by atoms with Gasteiger partial charge in [0.2, 0.25) is 6.79 Å². The van der Waals surface area contributed by atoms with Crippen LogP contribution in [0.2, 0.25) is 0 Å². The number of benzene rings is 1. The lowest BCUT2D eigenvalue weighted by Crippen LogP contribution is -1.92. The van der Waals surface area contributed by atoms with Crippen LogP contribution in [0.25, 0.3) is 11.6 Å². The van der Waals surface area contributed by atoms with Gasteiger partial charge in [0.25, 0.3) is 0 Å². The molecule has 3 nitrogen and oxygen atoms in total. The minimum atomic E-state index is 0.262. The van der Waals surface area contributed by atoms with E-state index in [1.165, 1.54) is 0 Å². The van der Waals surface area contributed by atoms with Crippen molar-refractivity contribution in [3.05, 3.63) is 46.2 Å². The Morgan fingerprint density at radius 2 is 2.17 bits per heavy atom. The molecule has 0 unspecified atom stereocenters. The van der Waals surface area contributed by atoms with Crippen molar-refractivity contribution in [1.82, 2.24) is 0 Å². The predicted molar refractivity (Wildman–Crippen MR) is 70.4 cm³/mol. The fourth-order valence-corrected chi connectivity index (χ4v) is 2.45. The van der Waals surface area contributed by atoms with Crippen LogP contribution >= 0.6 is 11.3 Å². The first-order valence-electron chi connectivity index (χ1n) is 5.42. The van der Waals surface area contributed by atoms with Gasteiger partial charge in [-0.1, -0.05) is 12.1 Å². The lowest BCUT2D eigenvalue weighted by Gasteiger charge is -1.99. The van der Waals surface area contributed by atoms with Crippen LogP contribution < -0.4 is 9.47 Å². The Morgan fingerprint density at radius 3 is 2.94 bits per heavy atom. The van der Waals surface area contributed by atoms with Gasteiger partial charge in [0.1, 0.15) is 6.07 Å². The molecule has 0 atom stereocenters. The van der Waals surface area contributed by atoms with E-state index in [0.717, 1.165) is 21.9 Å². The van der Waals surface area contributed by atoms with E-state index >= 15 is 0 Å². The minimum Gasteiger partial charge on any atom is -0.454 e. The molecular formula is C14H9NO2S. The summed E-state index contributed by atoms with van der Waals surface area (Å²) >= 11 is 1.55. The standard InChI is InChI=1S/C14H9NO2S/c15-8-11(14-2-1-5-18-14)6-10-3-4-12-13(7-10)17-9-16-12/h1-7H,9H2/b11-6-. The second-order valence-corrected chi connectivity index (χ2v) is 4.71. The van der Waals surface area contributed by atoms with E-state index in [1.54, 1.807) is 11.3 Å². The van der Waals surface area contributed by atoms with Gasteiger partial charge in [0.05, 0.1) is 5.57 Å². The maximum atomic E-state index is 9.19. The summed E-state index contributed by atoms with van der Waals surface area (Å²) in [6, 6.07) is 11.7. The van der Waals surface area contributed by atoms with Crippen molar-refractivity contribution in [2.75, 3.05) is 6.79 Å². The summed E-state index contributed by atoms with van der Waals surface area (Å²) in [7, 11) is 0. The molecule has 0 spiro atoms. The molecule has 1 aliphatic heterocycles. The SMILES string of the molecule is N#C/C(=C/c1ccc2c(c1)OCO2)c1cccs1. The molecule has 2 heterocycles. The van der Waals surface area contributed by atoms with E-state index in [2.05, 4.69) is 6.07 Å². The summed E-state index contributed by atoms with van der Waals surface area (Å²) in [6.07, 6.45) is 1.85. The van der Waals surface area contributed by atoms with Gasteiger partial charge in [0.15, 0.2) is 11.5 Å². The van der Waals surface area contributed by atoms with Crippen LogP contribution in [0.1, 0.15) is 10.4 Å². The van der Waals surface area contributed by atoms with Crippen molar-refractivity contribution >= 4 is 23.0 Å². The number of nitrogens with zero attached hydrogens (tertiary/aromatic N) is 1. The molecule has 0 fully saturated rings. The van der Waals surface area contributed by atoms with Crippen molar-refractivity contribution in [3.8, 4) is 17.6 Å². The topological polar surface area (TPSA) is 42.2 Å². The molecule has 1 aromatic carbocycles. The molecule has 4 heteroatoms. The Balaban J connectivity index is 1.98. The van der Waals surface area contributed by atoms with Crippen LogP contribution in [-0.2, 0) is 0 Å². The second-order valence-electron chi connectivity index (χ2n) is 3.76. The fraction of sp³-hybridized carbons (Fsp3) is 0.0714. The molecule has 0 N–H and O–H groups in total. The molecule has 0 radical (unpaired) electrons. The average molecular weight is 255 g/mol. The fourth-order valence-electron chi connectivity index (χ4n) is 1.76. The van der Waals surface area contributed by atoms with Gasteiger partial charge in [-0.2, -0.15) is 5.26 Å². The molecule has 0 saturated carbocycles. The smallest absolute Gasteiger partial charge is 0.231 e. The maximum Gasteiger partial charge on any atom is 0.231 e. The molecule has 2 aromatic rings. The number of fused-ring (bicyclic) bond motifs is 1. The Kier molecular flexibility index (Phi) is 2.75. The van der Waals surface area contributed by atoms with E-state index in [0.29, 0.717) is 5.57 Å². The van der Waals surface area contributed by atoms with Crippen LogP contribution in [0.5, 0.6) is 11.5 Å². The van der Waals surface area contributed by atoms with Gasteiger partial charge in [0, 0.05) is 4.88 Å². The van der Waals surface area contributed by atoms with Crippen molar-refractivity contribution in [2.45, 2.75) is 0 Å². The van der Waals surface area contributed by atoms with Gasteiger partial charge in [-0.25, -0.2) is 0 Å². The van der Waals surface area contributed by atoms with Crippen molar-refractivity contribution in [1.29, 1.82) is 5.26 Å². The third-order valence-electron chi connectivity index (χ3n) is 2.61. The minimum absolute atomic E-state index is 0.262. The predicted octanol–water partition coefficient (Wildman–Crippen LogP) is 3.54. The van der Waals surface area contributed by atoms with Gasteiger partial charge in [-0.3, -0.25) is 0 Å².